The van der Waals surface area contributed by atoms with Gasteiger partial charge in [-0.25, -0.2) is 0 Å². The molecule has 3 heterocycles. The molecule has 0 bridgehead atoms. The number of amides is 5. The van der Waals surface area contributed by atoms with Gasteiger partial charge >= 0.3 is 0 Å². The van der Waals surface area contributed by atoms with Crippen molar-refractivity contribution >= 4 is 29.5 Å². The van der Waals surface area contributed by atoms with Gasteiger partial charge < -0.3 is 126 Å². The smallest absolute Gasteiger partial charge is 0.251 e. The Morgan fingerprint density at radius 3 is 1.41 bits per heavy atom. The first-order valence-electron chi connectivity index (χ1n) is 30.5. The molecule has 2 aliphatic carbocycles. The molecule has 0 spiro atoms. The van der Waals surface area contributed by atoms with Crippen LogP contribution in [0, 0.1) is 11.8 Å². The molecule has 88 heavy (non-hydrogen) atoms. The van der Waals surface area contributed by atoms with Crippen molar-refractivity contribution in [3.63, 3.8) is 0 Å². The molecule has 502 valence electrons. The Morgan fingerprint density at radius 2 is 0.886 bits per heavy atom. The second-order valence-corrected chi connectivity index (χ2v) is 23.6. The number of nitrogens with one attached hydrogen (secondary N) is 5. The maximum absolute atomic E-state index is 13.9. The number of aliphatic hydroxyl groups excluding tert-OH is 12. The lowest BCUT2D eigenvalue weighted by Gasteiger charge is -2.51. The van der Waals surface area contributed by atoms with Gasteiger partial charge in [0.2, 0.25) is 23.6 Å². The van der Waals surface area contributed by atoms with Crippen molar-refractivity contribution in [1.29, 1.82) is 0 Å². The van der Waals surface area contributed by atoms with Gasteiger partial charge in [-0.3, -0.25) is 24.0 Å². The van der Waals surface area contributed by atoms with Crippen LogP contribution < -0.4 is 31.3 Å². The second kappa shape index (κ2) is 34.9. The quantitative estimate of drug-likeness (QED) is 0.0322. The highest BCUT2D eigenvalue weighted by Gasteiger charge is 2.57. The molecule has 1 aromatic rings. The van der Waals surface area contributed by atoms with Crippen LogP contribution in [0.4, 0.5) is 0 Å². The lowest BCUT2D eigenvalue weighted by atomic mass is 9.77. The highest BCUT2D eigenvalue weighted by atomic mass is 16.7. The van der Waals surface area contributed by atoms with Gasteiger partial charge in [-0.05, 0) is 37.5 Å². The fraction of sp³-hybridized carbons (Fsp3) is 0.810. The molecule has 0 radical (unpaired) electrons. The van der Waals surface area contributed by atoms with Crippen molar-refractivity contribution in [3.05, 3.63) is 29.8 Å². The summed E-state index contributed by atoms with van der Waals surface area (Å²) < 4.78 is 48.8. The van der Waals surface area contributed by atoms with E-state index in [2.05, 4.69) is 33.5 Å². The van der Waals surface area contributed by atoms with Crippen molar-refractivity contribution in [2.45, 2.75) is 246 Å². The summed E-state index contributed by atoms with van der Waals surface area (Å²) in [5, 5.41) is 147. The maximum Gasteiger partial charge on any atom is 0.251 e. The molecule has 5 amide bonds. The van der Waals surface area contributed by atoms with Gasteiger partial charge in [0.1, 0.15) is 91.0 Å². The third-order valence-electron chi connectivity index (χ3n) is 16.9. The lowest BCUT2D eigenvalue weighted by Crippen LogP contribution is -2.70. The van der Waals surface area contributed by atoms with Crippen molar-refractivity contribution in [2.75, 3.05) is 39.6 Å². The van der Waals surface area contributed by atoms with Crippen LogP contribution >= 0.6 is 0 Å². The number of aliphatic hydroxyl groups is 12. The number of hydrogen-bond acceptors (Lipinski definition) is 25. The van der Waals surface area contributed by atoms with E-state index in [1.54, 1.807) is 12.1 Å². The zero-order chi connectivity index (χ0) is 64.5. The minimum atomic E-state index is -1.94. The predicted molar refractivity (Wildman–Crippen MR) is 304 cm³/mol. The number of unbranched alkanes of at least 4 members (excludes halogenated alkanes) is 8. The fourth-order valence-corrected chi connectivity index (χ4v) is 12.4. The van der Waals surface area contributed by atoms with E-state index in [9.17, 15) is 85.3 Å². The van der Waals surface area contributed by atoms with Crippen molar-refractivity contribution < 1.29 is 123 Å². The van der Waals surface area contributed by atoms with E-state index < -0.39 is 215 Å². The van der Waals surface area contributed by atoms with Gasteiger partial charge in [0, 0.05) is 58.3 Å². The topological polar surface area (TPSA) is 462 Å². The highest BCUT2D eigenvalue weighted by Crippen LogP contribution is 2.39. The van der Waals surface area contributed by atoms with Gasteiger partial charge in [0.05, 0.1) is 62.9 Å². The van der Waals surface area contributed by atoms with Gasteiger partial charge in [0.25, 0.3) is 5.91 Å². The first kappa shape index (κ1) is 72.7. The van der Waals surface area contributed by atoms with Crippen LogP contribution in [0.5, 0.6) is 5.75 Å². The number of carbonyl (C=O) groups is 5. The number of hydrogen-bond donors (Lipinski definition) is 17. The molecule has 12 unspecified atom stereocenters. The molecule has 0 aromatic heterocycles. The van der Waals surface area contributed by atoms with Gasteiger partial charge in [-0.1, -0.05) is 64.4 Å². The second-order valence-electron chi connectivity index (χ2n) is 23.6. The molecule has 2 saturated carbocycles. The molecule has 17 N–H and O–H groups in total. The largest absolute Gasteiger partial charge is 0.494 e. The number of rotatable bonds is 30. The molecule has 5 fully saturated rings. The zero-order valence-electron chi connectivity index (χ0n) is 50.4. The molecule has 1 aromatic carbocycles. The van der Waals surface area contributed by atoms with Crippen molar-refractivity contribution in [3.8, 4) is 5.75 Å². The standard InChI is InChI=1S/C58H95N5O25/c1-6-7-8-9-10-11-12-13-14-18-81-34-17-15-16-31(19-34)55(79)63-43-46(74)45(73)37(24-66)85-57(43)88-54-39(26-68)86-58(44(50(54)78)62-30(5)72)87-52-33(23-65)21-35(40(48(52)76)59-27(2)69)82-51-32(22-64)20-36(41(47(51)75)60-28(3)70)83-53-38(25-67)84-56(80)42(49(53)77)61-29(4)71/h15-17,19,32-33,35-54,56-58,64-68,73-78,80H,6-14,18,20-26H2,1-5H3,(H,59,69)(H,60,70)(H,61,71)(H,62,72)(H,63,79)/t32-,33?,35+,36?,37?,38?,39-,40+,41?,42-,43-,44?,45+,46+,47?,48+,49+,50?,51+,52?,53?,54+,56+,57?,58?/m0/s1. The number of carbonyl (C=O) groups excluding carboxylic acids is 5. The first-order valence-corrected chi connectivity index (χ1v) is 30.5. The van der Waals surface area contributed by atoms with Gasteiger partial charge in [-0.2, -0.15) is 0 Å². The van der Waals surface area contributed by atoms with Crippen LogP contribution in [0.2, 0.25) is 0 Å². The summed E-state index contributed by atoms with van der Waals surface area (Å²) in [4.78, 5) is 64.4. The molecule has 25 atom stereocenters. The first-order chi connectivity index (χ1) is 42.0. The van der Waals surface area contributed by atoms with Crippen molar-refractivity contribution in [1.82, 2.24) is 26.6 Å². The highest BCUT2D eigenvalue weighted by molar-refractivity contribution is 5.94. The van der Waals surface area contributed by atoms with Crippen LogP contribution in [-0.2, 0) is 52.3 Å². The van der Waals surface area contributed by atoms with E-state index >= 15 is 0 Å². The molecular formula is C58H95N5O25. The number of benzene rings is 1. The molecular weight excluding hydrogens is 1170 g/mol. The predicted octanol–water partition coefficient (Wildman–Crippen LogP) is -4.67. The minimum absolute atomic E-state index is 0.0873. The molecule has 6 rings (SSSR count). The Morgan fingerprint density at radius 1 is 0.466 bits per heavy atom. The molecule has 30 nitrogen and oxygen atoms in total. The Labute approximate surface area is 510 Å². The van der Waals surface area contributed by atoms with E-state index in [1.165, 1.54) is 44.2 Å². The maximum atomic E-state index is 13.9. The monoisotopic (exact) mass is 1260 g/mol. The van der Waals surface area contributed by atoms with Crippen LogP contribution in [0.1, 0.15) is 116 Å². The van der Waals surface area contributed by atoms with Crippen LogP contribution in [-0.4, -0.2) is 271 Å². The molecule has 5 aliphatic rings. The van der Waals surface area contributed by atoms with Gasteiger partial charge in [-0.15, -0.1) is 0 Å². The van der Waals surface area contributed by atoms with Crippen LogP contribution in [0.15, 0.2) is 24.3 Å². The Hall–Kier alpha value is -4.39. The van der Waals surface area contributed by atoms with E-state index in [1.807, 2.05) is 0 Å². The summed E-state index contributed by atoms with van der Waals surface area (Å²) in [6, 6.07) is -1.33. The number of ether oxygens (including phenoxy) is 8. The normalized spacial score (nSPS) is 37.7. The van der Waals surface area contributed by atoms with Crippen LogP contribution in [0.3, 0.4) is 0 Å². The Kier molecular flexibility index (Phi) is 28.8. The summed E-state index contributed by atoms with van der Waals surface area (Å²) >= 11 is 0. The third-order valence-corrected chi connectivity index (χ3v) is 16.9. The summed E-state index contributed by atoms with van der Waals surface area (Å²) in [6.07, 6.45) is -20.1. The molecule has 3 aliphatic heterocycles. The molecule has 3 saturated heterocycles. The van der Waals surface area contributed by atoms with E-state index in [0.29, 0.717) is 12.4 Å². The average Bonchev–Trinajstić information content (AvgIpc) is 1.44. The van der Waals surface area contributed by atoms with Crippen molar-refractivity contribution in [2.24, 2.45) is 11.8 Å². The van der Waals surface area contributed by atoms with Crippen LogP contribution in [0.25, 0.3) is 0 Å². The minimum Gasteiger partial charge on any atom is -0.494 e. The van der Waals surface area contributed by atoms with E-state index in [4.69, 9.17) is 37.9 Å². The SMILES string of the molecule is CCCCCCCCCCCOc1cccc(C(=O)N[C@@H]2C(O[C@H]3C(O)C(NC(C)=O)C(OC4C(CO)C[C@@H](O[C@H]5C(O)C(NC(C)=O)C(OC6C(CO)O[C@@H](O)[C@@H](NC(C)=O)[C@H]6O)C[C@H]5CO)[C@@H](NC(C)=O)[C@H]4O)O[C@H]3CO)OC(CO)[C@@H](O)[C@@H]2O)c1. The van der Waals surface area contributed by atoms with E-state index in [0.717, 1.165) is 53.4 Å². The summed E-state index contributed by atoms with van der Waals surface area (Å²) in [6.45, 7) is 3.01. The zero-order valence-corrected chi connectivity index (χ0v) is 50.4. The molecule has 30 heteroatoms. The lowest BCUT2D eigenvalue weighted by molar-refractivity contribution is -0.342. The Balaban J connectivity index is 1.18. The van der Waals surface area contributed by atoms with E-state index in [-0.39, 0.29) is 18.4 Å². The summed E-state index contributed by atoms with van der Waals surface area (Å²) in [5.41, 5.74) is 0.0873. The third kappa shape index (κ3) is 18.9. The average molecular weight is 1260 g/mol. The summed E-state index contributed by atoms with van der Waals surface area (Å²) in [7, 11) is 0. The Bertz CT molecular complexity index is 2350. The fourth-order valence-electron chi connectivity index (χ4n) is 12.4. The summed E-state index contributed by atoms with van der Waals surface area (Å²) in [5.74, 6) is -5.39. The van der Waals surface area contributed by atoms with Gasteiger partial charge in [0.15, 0.2) is 18.9 Å².